The standard InChI is InChI=1S/C6H4.6C4H10.2Sn/c1-2-4-6-5-3-1;6*1-3-4-2;;/h1-2,5-6H;6*3-4H2,1-2H3;;. The van der Waals surface area contributed by atoms with Gasteiger partial charge in [-0.3, -0.25) is 0 Å². The summed E-state index contributed by atoms with van der Waals surface area (Å²) in [7, 11) is 0. The summed E-state index contributed by atoms with van der Waals surface area (Å²) in [4.78, 5) is 0. The summed E-state index contributed by atoms with van der Waals surface area (Å²) in [6.07, 6.45) is 23.1. The molecule has 0 bridgehead atoms. The Balaban J connectivity index is -0.0000000349. The van der Waals surface area contributed by atoms with Crippen molar-refractivity contribution in [2.24, 2.45) is 0 Å². The maximum absolute atomic E-state index is 2.86. The minimum Gasteiger partial charge on any atom is -0.120 e. The Kier molecular flexibility index (Phi) is 144. The van der Waals surface area contributed by atoms with E-state index in [-0.39, 0.29) is 47.8 Å². The van der Waals surface area contributed by atoms with Gasteiger partial charge in [-0.2, -0.15) is 0 Å². The molecule has 1 aliphatic carbocycles. The van der Waals surface area contributed by atoms with Crippen molar-refractivity contribution < 1.29 is 0 Å². The van der Waals surface area contributed by atoms with Crippen molar-refractivity contribution in [2.45, 2.75) is 160 Å². The fourth-order valence-corrected chi connectivity index (χ4v) is 0.304. The summed E-state index contributed by atoms with van der Waals surface area (Å²) in [5.74, 6) is 0. The molecule has 0 atom stereocenters. The Morgan fingerprint density at radius 2 is 0.375 bits per heavy atom. The van der Waals surface area contributed by atoms with Gasteiger partial charge in [0.05, 0.1) is 0 Å². The second-order valence-corrected chi connectivity index (χ2v) is 7.00. The van der Waals surface area contributed by atoms with E-state index < -0.39 is 0 Å². The van der Waals surface area contributed by atoms with Gasteiger partial charge in [0.1, 0.15) is 0 Å². The minimum atomic E-state index is 0. The summed E-state index contributed by atoms with van der Waals surface area (Å²) < 4.78 is 0. The van der Waals surface area contributed by atoms with Crippen molar-refractivity contribution in [1.29, 1.82) is 0 Å². The minimum absolute atomic E-state index is 0. The van der Waals surface area contributed by atoms with Crippen molar-refractivity contribution in [3.8, 4) is 0 Å². The fraction of sp³-hybridized carbons (Fsp3) is 0.800. The van der Waals surface area contributed by atoms with Gasteiger partial charge in [-0.25, -0.2) is 0 Å². The van der Waals surface area contributed by atoms with Gasteiger partial charge >= 0.3 is 0 Å². The second kappa shape index (κ2) is 85.5. The molecule has 0 fully saturated rings. The summed E-state index contributed by atoms with van der Waals surface area (Å²) in [6, 6.07) is 0. The molecule has 2 heteroatoms. The Morgan fingerprint density at radius 3 is 0.406 bits per heavy atom. The zero-order chi connectivity index (χ0) is 24.7. The van der Waals surface area contributed by atoms with Gasteiger partial charge in [0.2, 0.25) is 0 Å². The number of allylic oxidation sites excluding steroid dienone is 2. The van der Waals surface area contributed by atoms with E-state index in [0.717, 1.165) is 0 Å². The molecule has 0 N–H and O–H groups in total. The Bertz CT molecular complexity index is 232. The third-order valence-electron chi connectivity index (χ3n) is 3.55. The molecular weight excluding hydrogens is 598 g/mol. The van der Waals surface area contributed by atoms with E-state index in [2.05, 4.69) is 94.5 Å². The molecule has 0 spiro atoms. The van der Waals surface area contributed by atoms with Gasteiger partial charge in [-0.1, -0.05) is 160 Å². The maximum Gasteiger partial charge on any atom is 0 e. The summed E-state index contributed by atoms with van der Waals surface area (Å²) >= 11 is 0. The Labute approximate surface area is 242 Å². The van der Waals surface area contributed by atoms with Crippen LogP contribution in [0.15, 0.2) is 35.8 Å². The van der Waals surface area contributed by atoms with Gasteiger partial charge in [-0.05, 0) is 24.3 Å². The van der Waals surface area contributed by atoms with Crippen LogP contribution >= 0.6 is 0 Å². The molecule has 32 heavy (non-hydrogen) atoms. The first kappa shape index (κ1) is 53.8. The van der Waals surface area contributed by atoms with Crippen molar-refractivity contribution in [3.05, 3.63) is 35.8 Å². The van der Waals surface area contributed by atoms with Crippen LogP contribution < -0.4 is 0 Å². The van der Waals surface area contributed by atoms with E-state index >= 15 is 0 Å². The molecule has 192 valence electrons. The van der Waals surface area contributed by atoms with E-state index in [4.69, 9.17) is 0 Å². The molecule has 0 aromatic rings. The van der Waals surface area contributed by atoms with Crippen molar-refractivity contribution in [3.63, 3.8) is 0 Å². The molecule has 0 amide bonds. The predicted molar refractivity (Wildman–Crippen MR) is 160 cm³/mol. The first-order chi connectivity index (χ1) is 14.5. The van der Waals surface area contributed by atoms with Crippen LogP contribution in [0.2, 0.25) is 0 Å². The molecule has 0 saturated carbocycles. The van der Waals surface area contributed by atoms with Crippen LogP contribution in [0.25, 0.3) is 0 Å². The first-order valence-corrected chi connectivity index (χ1v) is 13.3. The Morgan fingerprint density at radius 1 is 0.281 bits per heavy atom. The third-order valence-corrected chi connectivity index (χ3v) is 3.55. The predicted octanol–water partition coefficient (Wildman–Crippen LogP) is 11.5. The van der Waals surface area contributed by atoms with Crippen molar-refractivity contribution in [1.82, 2.24) is 0 Å². The van der Waals surface area contributed by atoms with E-state index in [9.17, 15) is 0 Å². The van der Waals surface area contributed by atoms with Crippen molar-refractivity contribution in [2.75, 3.05) is 0 Å². The normalized spacial score (nSPS) is 8.12. The van der Waals surface area contributed by atoms with Crippen molar-refractivity contribution >= 4 is 47.8 Å². The maximum atomic E-state index is 2.86. The first-order valence-electron chi connectivity index (χ1n) is 13.3. The van der Waals surface area contributed by atoms with Gasteiger partial charge in [-0.15, -0.1) is 11.5 Å². The van der Waals surface area contributed by atoms with Crippen LogP contribution in [0.3, 0.4) is 0 Å². The van der Waals surface area contributed by atoms with Crippen LogP contribution in [-0.2, 0) is 0 Å². The number of hydrogen-bond donors (Lipinski definition) is 0. The number of hydrogen-bond acceptors (Lipinski definition) is 0. The largest absolute Gasteiger partial charge is 0.120 e. The van der Waals surface area contributed by atoms with Gasteiger partial charge in [0, 0.05) is 47.8 Å². The summed E-state index contributed by atoms with van der Waals surface area (Å²) in [5.41, 5.74) is 5.72. The molecular formula is C30H64Sn2. The van der Waals surface area contributed by atoms with Gasteiger partial charge < -0.3 is 0 Å². The topological polar surface area (TPSA) is 0 Å². The van der Waals surface area contributed by atoms with E-state index in [0.29, 0.717) is 0 Å². The summed E-state index contributed by atoms with van der Waals surface area (Å²) in [6.45, 7) is 26.2. The fourth-order valence-electron chi connectivity index (χ4n) is 0.304. The van der Waals surface area contributed by atoms with E-state index in [1.165, 1.54) is 77.0 Å². The molecule has 0 heterocycles. The molecule has 0 unspecified atom stereocenters. The number of rotatable bonds is 6. The number of unbranched alkanes of at least 4 members (excludes halogenated alkanes) is 6. The molecule has 0 saturated heterocycles. The zero-order valence-electron chi connectivity index (χ0n) is 24.8. The molecule has 0 aliphatic heterocycles. The van der Waals surface area contributed by atoms with Crippen LogP contribution in [0.5, 0.6) is 0 Å². The van der Waals surface area contributed by atoms with Crippen LogP contribution in [0.4, 0.5) is 0 Å². The van der Waals surface area contributed by atoms with Gasteiger partial charge in [0.25, 0.3) is 0 Å². The monoisotopic (exact) mass is 664 g/mol. The summed E-state index contributed by atoms with van der Waals surface area (Å²) in [5, 5.41) is 0. The smallest absolute Gasteiger partial charge is 0 e. The zero-order valence-corrected chi connectivity index (χ0v) is 30.5. The quantitative estimate of drug-likeness (QED) is 0.196. The Hall–Kier alpha value is 0.637. The van der Waals surface area contributed by atoms with Crippen LogP contribution in [0.1, 0.15) is 160 Å². The van der Waals surface area contributed by atoms with Gasteiger partial charge in [0.15, 0.2) is 0 Å². The molecule has 0 aromatic heterocycles. The second-order valence-electron chi connectivity index (χ2n) is 7.00. The molecule has 8 radical (unpaired) electrons. The van der Waals surface area contributed by atoms with Crippen LogP contribution in [-0.4, -0.2) is 47.8 Å². The van der Waals surface area contributed by atoms with Crippen LogP contribution in [0, 0.1) is 0 Å². The molecule has 0 nitrogen and oxygen atoms in total. The average molecular weight is 662 g/mol. The SMILES string of the molecule is C1=CC=C=CC=1.CCCC.CCCC.CCCC.CCCC.CCCC.CCCC.[Sn].[Sn]. The van der Waals surface area contributed by atoms with E-state index in [1.807, 2.05) is 24.3 Å². The average Bonchev–Trinajstić information content (AvgIpc) is 2.85. The molecule has 1 aliphatic rings. The third kappa shape index (κ3) is 169. The molecule has 0 aromatic carbocycles. The van der Waals surface area contributed by atoms with E-state index in [1.54, 1.807) is 0 Å². The molecule has 1 rings (SSSR count).